The van der Waals surface area contributed by atoms with E-state index in [1.165, 1.54) is 20.1 Å². The highest BCUT2D eigenvalue weighted by Gasteiger charge is 2.33. The summed E-state index contributed by atoms with van der Waals surface area (Å²) in [6.45, 7) is 1.54. The van der Waals surface area contributed by atoms with Crippen molar-refractivity contribution in [1.29, 1.82) is 0 Å². The van der Waals surface area contributed by atoms with Gasteiger partial charge in [0, 0.05) is 11.1 Å². The molecule has 0 aliphatic carbocycles. The van der Waals surface area contributed by atoms with Crippen LogP contribution in [0, 0.1) is 6.92 Å². The molecule has 0 radical (unpaired) electrons. The van der Waals surface area contributed by atoms with E-state index in [1.807, 2.05) is 0 Å². The Balaban J connectivity index is 3.21. The normalized spacial score (nSPS) is 11.2. The van der Waals surface area contributed by atoms with Crippen molar-refractivity contribution in [2.75, 3.05) is 7.11 Å². The summed E-state index contributed by atoms with van der Waals surface area (Å²) in [6.07, 6.45) is -5.57. The summed E-state index contributed by atoms with van der Waals surface area (Å²) in [6, 6.07) is 1.24. The molecule has 0 atom stereocenters. The summed E-state index contributed by atoms with van der Waals surface area (Å²) in [5.74, 6) is -2.15. The molecule has 1 aromatic heterocycles. The van der Waals surface area contributed by atoms with Crippen LogP contribution < -0.4 is 9.47 Å². The van der Waals surface area contributed by atoms with E-state index in [0.29, 0.717) is 5.56 Å². The van der Waals surface area contributed by atoms with E-state index in [9.17, 15) is 18.0 Å². The van der Waals surface area contributed by atoms with Crippen LogP contribution in [0.15, 0.2) is 6.07 Å². The highest BCUT2D eigenvalue weighted by atomic mass is 19.4. The zero-order valence-corrected chi connectivity index (χ0v) is 9.54. The summed E-state index contributed by atoms with van der Waals surface area (Å²) in [4.78, 5) is 14.1. The minimum atomic E-state index is -4.94. The van der Waals surface area contributed by atoms with Crippen molar-refractivity contribution in [3.8, 4) is 11.8 Å². The molecule has 0 aromatic carbocycles. The van der Waals surface area contributed by atoms with Gasteiger partial charge in [-0.1, -0.05) is 0 Å². The molecular formula is C10H10F3NO4. The number of methoxy groups -OCH3 is 1. The maximum atomic E-state index is 12.1. The van der Waals surface area contributed by atoms with Gasteiger partial charge in [0.25, 0.3) is 0 Å². The molecule has 1 rings (SSSR count). The number of aliphatic carboxylic acids is 1. The van der Waals surface area contributed by atoms with E-state index >= 15 is 0 Å². The average molecular weight is 265 g/mol. The number of pyridine rings is 1. The van der Waals surface area contributed by atoms with Crippen molar-refractivity contribution in [2.24, 2.45) is 0 Å². The van der Waals surface area contributed by atoms with Crippen LogP contribution in [-0.4, -0.2) is 29.5 Å². The Morgan fingerprint density at radius 2 is 2.06 bits per heavy atom. The average Bonchev–Trinajstić information content (AvgIpc) is 2.19. The second kappa shape index (κ2) is 5.11. The number of nitrogens with zero attached hydrogens (tertiary/aromatic N) is 1. The molecule has 0 saturated carbocycles. The van der Waals surface area contributed by atoms with Crippen molar-refractivity contribution in [2.45, 2.75) is 19.7 Å². The lowest BCUT2D eigenvalue weighted by Gasteiger charge is -2.13. The summed E-state index contributed by atoms with van der Waals surface area (Å²) in [7, 11) is 1.24. The standard InChI is InChI=1S/C10H10F3NO4/c1-5-3-6(4-7(15)16)9(14-8(5)17-2)18-10(11,12)13/h3H,4H2,1-2H3,(H,15,16). The Morgan fingerprint density at radius 3 is 2.50 bits per heavy atom. The van der Waals surface area contributed by atoms with Crippen LogP contribution in [0.25, 0.3) is 0 Å². The van der Waals surface area contributed by atoms with Crippen LogP contribution in [0.4, 0.5) is 13.2 Å². The largest absolute Gasteiger partial charge is 0.574 e. The number of carbonyl (C=O) groups is 1. The van der Waals surface area contributed by atoms with Gasteiger partial charge in [-0.25, -0.2) is 0 Å². The predicted molar refractivity (Wildman–Crippen MR) is 53.5 cm³/mol. The molecule has 0 unspecified atom stereocenters. The van der Waals surface area contributed by atoms with Crippen LogP contribution in [0.2, 0.25) is 0 Å². The van der Waals surface area contributed by atoms with Crippen molar-refractivity contribution in [3.63, 3.8) is 0 Å². The molecule has 0 amide bonds. The molecule has 1 aromatic rings. The molecule has 100 valence electrons. The zero-order valence-electron chi connectivity index (χ0n) is 9.54. The number of hydrogen-bond acceptors (Lipinski definition) is 4. The number of aromatic nitrogens is 1. The lowest BCUT2D eigenvalue weighted by molar-refractivity contribution is -0.276. The maximum Gasteiger partial charge on any atom is 0.574 e. The van der Waals surface area contributed by atoms with Gasteiger partial charge in [0.15, 0.2) is 0 Å². The van der Waals surface area contributed by atoms with E-state index in [1.54, 1.807) is 0 Å². The lowest BCUT2D eigenvalue weighted by atomic mass is 10.1. The van der Waals surface area contributed by atoms with E-state index < -0.39 is 24.6 Å². The lowest BCUT2D eigenvalue weighted by Crippen LogP contribution is -2.20. The van der Waals surface area contributed by atoms with Crippen LogP contribution in [0.1, 0.15) is 11.1 Å². The van der Waals surface area contributed by atoms with Crippen molar-refractivity contribution in [1.82, 2.24) is 4.98 Å². The molecule has 18 heavy (non-hydrogen) atoms. The predicted octanol–water partition coefficient (Wildman–Crippen LogP) is 1.92. The first-order valence-corrected chi connectivity index (χ1v) is 4.75. The van der Waals surface area contributed by atoms with Gasteiger partial charge in [-0.3, -0.25) is 4.79 Å². The first-order chi connectivity index (χ1) is 8.23. The van der Waals surface area contributed by atoms with Gasteiger partial charge >= 0.3 is 12.3 Å². The van der Waals surface area contributed by atoms with Gasteiger partial charge in [0.1, 0.15) is 0 Å². The fraction of sp³-hybridized carbons (Fsp3) is 0.400. The second-order valence-electron chi connectivity index (χ2n) is 3.40. The third-order valence-electron chi connectivity index (χ3n) is 1.95. The van der Waals surface area contributed by atoms with E-state index in [2.05, 4.69) is 9.72 Å². The Morgan fingerprint density at radius 1 is 1.44 bits per heavy atom. The Kier molecular flexibility index (Phi) is 4.00. The molecule has 0 aliphatic rings. The zero-order chi connectivity index (χ0) is 13.9. The number of aryl methyl sites for hydroxylation is 1. The summed E-state index contributed by atoms with van der Waals surface area (Å²) in [5.41, 5.74) is 0.251. The summed E-state index contributed by atoms with van der Waals surface area (Å²) >= 11 is 0. The maximum absolute atomic E-state index is 12.1. The number of halogens is 3. The molecule has 0 spiro atoms. The van der Waals surface area contributed by atoms with E-state index in [-0.39, 0.29) is 11.4 Å². The molecule has 8 heteroatoms. The third-order valence-corrected chi connectivity index (χ3v) is 1.95. The van der Waals surface area contributed by atoms with Gasteiger partial charge in [-0.05, 0) is 13.0 Å². The first-order valence-electron chi connectivity index (χ1n) is 4.75. The van der Waals surface area contributed by atoms with Crippen LogP contribution in [-0.2, 0) is 11.2 Å². The Labute approximate surface area is 100 Å². The van der Waals surface area contributed by atoms with Crippen LogP contribution in [0.3, 0.4) is 0 Å². The monoisotopic (exact) mass is 265 g/mol. The third kappa shape index (κ3) is 3.79. The Hall–Kier alpha value is -1.99. The number of hydrogen-bond donors (Lipinski definition) is 1. The molecule has 0 bridgehead atoms. The SMILES string of the molecule is COc1nc(OC(F)(F)F)c(CC(=O)O)cc1C. The summed E-state index contributed by atoms with van der Waals surface area (Å²) in [5, 5.41) is 8.61. The van der Waals surface area contributed by atoms with Crippen molar-refractivity contribution in [3.05, 3.63) is 17.2 Å². The molecule has 0 saturated heterocycles. The molecule has 5 nitrogen and oxygen atoms in total. The van der Waals surface area contributed by atoms with Gasteiger partial charge in [-0.15, -0.1) is 13.2 Å². The van der Waals surface area contributed by atoms with Gasteiger partial charge in [0.05, 0.1) is 13.5 Å². The minimum absolute atomic E-state index is 0.0524. The first kappa shape index (κ1) is 14.1. The number of alkyl halides is 3. The van der Waals surface area contributed by atoms with Crippen molar-refractivity contribution < 1.29 is 32.5 Å². The van der Waals surface area contributed by atoms with Gasteiger partial charge in [-0.2, -0.15) is 4.98 Å². The topological polar surface area (TPSA) is 68.7 Å². The molecule has 0 fully saturated rings. The van der Waals surface area contributed by atoms with E-state index in [0.717, 1.165) is 0 Å². The molecular weight excluding hydrogens is 255 g/mol. The summed E-state index contributed by atoms with van der Waals surface area (Å²) < 4.78 is 44.9. The van der Waals surface area contributed by atoms with Gasteiger partial charge in [0.2, 0.25) is 11.8 Å². The number of carboxylic acid groups (broad SMARTS) is 1. The molecule has 1 heterocycles. The number of rotatable bonds is 4. The van der Waals surface area contributed by atoms with E-state index in [4.69, 9.17) is 9.84 Å². The fourth-order valence-electron chi connectivity index (χ4n) is 1.33. The highest BCUT2D eigenvalue weighted by Crippen LogP contribution is 2.29. The number of ether oxygens (including phenoxy) is 2. The van der Waals surface area contributed by atoms with Gasteiger partial charge < -0.3 is 14.6 Å². The highest BCUT2D eigenvalue weighted by molar-refractivity contribution is 5.71. The molecule has 0 aliphatic heterocycles. The number of carboxylic acids is 1. The van der Waals surface area contributed by atoms with Crippen LogP contribution in [0.5, 0.6) is 11.8 Å². The molecule has 1 N–H and O–H groups in total. The van der Waals surface area contributed by atoms with Crippen LogP contribution >= 0.6 is 0 Å². The quantitative estimate of drug-likeness (QED) is 0.900. The minimum Gasteiger partial charge on any atom is -0.481 e. The second-order valence-corrected chi connectivity index (χ2v) is 3.40. The Bertz CT molecular complexity index is 459. The fourth-order valence-corrected chi connectivity index (χ4v) is 1.33. The van der Waals surface area contributed by atoms with Crippen molar-refractivity contribution >= 4 is 5.97 Å². The smallest absolute Gasteiger partial charge is 0.481 e.